The van der Waals surface area contributed by atoms with Crippen LogP contribution >= 0.6 is 8.00 Å². The number of methoxy groups -OCH3 is 1. The number of rotatable bonds is 2. The van der Waals surface area contributed by atoms with Crippen LogP contribution in [0.5, 0.6) is 0 Å². The van der Waals surface area contributed by atoms with Crippen molar-refractivity contribution in [2.24, 2.45) is 0 Å². The quantitative estimate of drug-likeness (QED) is 0.385. The zero-order chi connectivity index (χ0) is 7.28. The number of hydrogen-bond acceptors (Lipinski definition) is 4. The standard InChI is InChI=1S/C4H7O4P/c1-7-4(5)3-9(6)8-2/h3H,1-2H3. The van der Waals surface area contributed by atoms with Gasteiger partial charge in [-0.15, -0.1) is 0 Å². The lowest BCUT2D eigenvalue weighted by Crippen LogP contribution is -2.04. The molecule has 0 saturated carbocycles. The maximum absolute atomic E-state index is 10.4. The summed E-state index contributed by atoms with van der Waals surface area (Å²) >= 11 is 0. The first-order valence-electron chi connectivity index (χ1n) is 2.14. The number of esters is 1. The lowest BCUT2D eigenvalue weighted by atomic mass is 10.8. The fraction of sp³-hybridized carbons (Fsp3) is 0.500. The molecule has 4 nitrogen and oxygen atoms in total. The lowest BCUT2D eigenvalue weighted by molar-refractivity contribution is -0.170. The molecule has 0 N–H and O–H groups in total. The van der Waals surface area contributed by atoms with Crippen LogP contribution in [-0.2, 0) is 14.1 Å². The predicted molar refractivity (Wildman–Crippen MR) is 32.0 cm³/mol. The summed E-state index contributed by atoms with van der Waals surface area (Å²) in [7, 11) is 0.481. The first kappa shape index (κ1) is 8.56. The van der Waals surface area contributed by atoms with Gasteiger partial charge in [0.25, 0.3) is 0 Å². The summed E-state index contributed by atoms with van der Waals surface area (Å²) in [5.74, 6) is 0.230. The van der Waals surface area contributed by atoms with Crippen LogP contribution in [0.3, 0.4) is 0 Å². The SMILES string of the molecule is COC(=O)/C=[P+](\[O-])OC. The number of ether oxygens (including phenoxy) is 1. The van der Waals surface area contributed by atoms with Gasteiger partial charge in [0.1, 0.15) is 0 Å². The average molecular weight is 150 g/mol. The zero-order valence-electron chi connectivity index (χ0n) is 5.16. The van der Waals surface area contributed by atoms with Crippen LogP contribution in [0.1, 0.15) is 0 Å². The highest BCUT2D eigenvalue weighted by Crippen LogP contribution is 2.06. The Hall–Kier alpha value is -0.440. The molecule has 0 fully saturated rings. The van der Waals surface area contributed by atoms with Gasteiger partial charge in [0.2, 0.25) is 13.8 Å². The molecule has 0 aliphatic carbocycles. The average Bonchev–Trinajstić information content (AvgIpc) is 1.87. The van der Waals surface area contributed by atoms with Crippen LogP contribution < -0.4 is 4.89 Å². The second-order valence-electron chi connectivity index (χ2n) is 1.12. The van der Waals surface area contributed by atoms with Crippen molar-refractivity contribution in [1.82, 2.24) is 0 Å². The Balaban J connectivity index is 3.79. The summed E-state index contributed by atoms with van der Waals surface area (Å²) in [6.45, 7) is 0. The van der Waals surface area contributed by atoms with E-state index in [1.54, 1.807) is 0 Å². The number of carbonyl (C=O) groups excluding carboxylic acids is 1. The molecule has 52 valence electrons. The minimum atomic E-state index is -1.97. The number of carbonyl (C=O) groups is 1. The normalized spacial score (nSPS) is 11.2. The molecule has 0 aromatic heterocycles. The largest absolute Gasteiger partial charge is 0.603 e. The first-order valence-corrected chi connectivity index (χ1v) is 3.38. The van der Waals surface area contributed by atoms with Crippen LogP contribution in [0.25, 0.3) is 0 Å². The molecular weight excluding hydrogens is 143 g/mol. The predicted octanol–water partition coefficient (Wildman–Crippen LogP) is -0.720. The molecule has 0 bridgehead atoms. The van der Waals surface area contributed by atoms with Crippen molar-refractivity contribution in [2.75, 3.05) is 14.2 Å². The van der Waals surface area contributed by atoms with Crippen molar-refractivity contribution < 1.29 is 18.9 Å². The van der Waals surface area contributed by atoms with Crippen molar-refractivity contribution in [3.63, 3.8) is 0 Å². The smallest absolute Gasteiger partial charge is 0.375 e. The maximum atomic E-state index is 10.4. The van der Waals surface area contributed by atoms with E-state index < -0.39 is 14.0 Å². The van der Waals surface area contributed by atoms with Gasteiger partial charge >= 0.3 is 5.97 Å². The van der Waals surface area contributed by atoms with Crippen LogP contribution in [0.15, 0.2) is 0 Å². The van der Waals surface area contributed by atoms with Crippen LogP contribution in [0.4, 0.5) is 0 Å². The topological polar surface area (TPSA) is 58.6 Å². The van der Waals surface area contributed by atoms with Crippen LogP contribution in [0.2, 0.25) is 0 Å². The third-order valence-electron chi connectivity index (χ3n) is 0.592. The molecule has 1 unspecified atom stereocenters. The third kappa shape index (κ3) is 4.09. The van der Waals surface area contributed by atoms with Crippen molar-refractivity contribution >= 4 is 19.8 Å². The van der Waals surface area contributed by atoms with Gasteiger partial charge in [0.05, 0.1) is 14.2 Å². The van der Waals surface area contributed by atoms with Crippen molar-refractivity contribution in [1.29, 1.82) is 0 Å². The minimum Gasteiger partial charge on any atom is -0.603 e. The van der Waals surface area contributed by atoms with E-state index >= 15 is 0 Å². The van der Waals surface area contributed by atoms with Gasteiger partial charge in [-0.05, 0) is 0 Å². The Labute approximate surface area is 53.9 Å². The summed E-state index contributed by atoms with van der Waals surface area (Å²) in [6, 6.07) is 0. The molecule has 0 heterocycles. The van der Waals surface area contributed by atoms with E-state index in [9.17, 15) is 9.69 Å². The van der Waals surface area contributed by atoms with Crippen molar-refractivity contribution in [3.8, 4) is 0 Å². The second kappa shape index (κ2) is 4.44. The van der Waals surface area contributed by atoms with E-state index in [1.165, 1.54) is 14.2 Å². The highest BCUT2D eigenvalue weighted by Gasteiger charge is 2.00. The summed E-state index contributed by atoms with van der Waals surface area (Å²) in [5.41, 5.74) is 0. The van der Waals surface area contributed by atoms with Gasteiger partial charge in [-0.1, -0.05) is 0 Å². The molecule has 9 heavy (non-hydrogen) atoms. The number of hydrogen-bond donors (Lipinski definition) is 0. The Morgan fingerprint density at radius 2 is 2.22 bits per heavy atom. The van der Waals surface area contributed by atoms with E-state index in [0.29, 0.717) is 0 Å². The molecule has 1 atom stereocenters. The monoisotopic (exact) mass is 150 g/mol. The van der Waals surface area contributed by atoms with Crippen molar-refractivity contribution in [2.45, 2.75) is 0 Å². The molecule has 0 aromatic rings. The summed E-state index contributed by atoms with van der Waals surface area (Å²) in [5, 5.41) is 0. The molecule has 0 saturated heterocycles. The summed E-state index contributed by atoms with van der Waals surface area (Å²) in [4.78, 5) is 20.6. The summed E-state index contributed by atoms with van der Waals surface area (Å²) < 4.78 is 8.44. The fourth-order valence-electron chi connectivity index (χ4n) is 0.191. The molecule has 5 heteroatoms. The molecule has 0 rings (SSSR count). The fourth-order valence-corrected chi connectivity index (χ4v) is 0.574. The molecule has 0 spiro atoms. The van der Waals surface area contributed by atoms with E-state index in [0.717, 1.165) is 5.80 Å². The molecule has 0 radical (unpaired) electrons. The van der Waals surface area contributed by atoms with Gasteiger partial charge < -0.3 is 9.63 Å². The second-order valence-corrected chi connectivity index (χ2v) is 2.31. The molecule has 0 aliphatic rings. The van der Waals surface area contributed by atoms with E-state index in [2.05, 4.69) is 9.26 Å². The Bertz CT molecular complexity index is 131. The maximum Gasteiger partial charge on any atom is 0.375 e. The van der Waals surface area contributed by atoms with Gasteiger partial charge in [0, 0.05) is 0 Å². The highest BCUT2D eigenvalue weighted by molar-refractivity contribution is 7.47. The minimum absolute atomic E-state index is 0.641. The van der Waals surface area contributed by atoms with Crippen LogP contribution in [-0.4, -0.2) is 26.0 Å². The van der Waals surface area contributed by atoms with E-state index in [1.807, 2.05) is 0 Å². The first-order chi connectivity index (χ1) is 4.20. The summed E-state index contributed by atoms with van der Waals surface area (Å²) in [6.07, 6.45) is 0. The van der Waals surface area contributed by atoms with E-state index in [4.69, 9.17) is 0 Å². The highest BCUT2D eigenvalue weighted by atomic mass is 31.1. The molecule has 0 aromatic carbocycles. The van der Waals surface area contributed by atoms with E-state index in [-0.39, 0.29) is 0 Å². The van der Waals surface area contributed by atoms with Crippen LogP contribution in [0, 0.1) is 0 Å². The van der Waals surface area contributed by atoms with Gasteiger partial charge in [-0.25, -0.2) is 4.79 Å². The molecule has 0 aliphatic heterocycles. The van der Waals surface area contributed by atoms with Gasteiger partial charge in [-0.3, -0.25) is 0 Å². The van der Waals surface area contributed by atoms with Gasteiger partial charge in [-0.2, -0.15) is 4.52 Å². The lowest BCUT2D eigenvalue weighted by Gasteiger charge is -1.89. The Morgan fingerprint density at radius 1 is 1.67 bits per heavy atom. The molecule has 0 amide bonds. The van der Waals surface area contributed by atoms with Gasteiger partial charge in [0.15, 0.2) is 0 Å². The third-order valence-corrected chi connectivity index (χ3v) is 1.37. The van der Waals surface area contributed by atoms with Crippen molar-refractivity contribution in [3.05, 3.63) is 0 Å². The Kier molecular flexibility index (Phi) is 4.22. The Morgan fingerprint density at radius 3 is 2.56 bits per heavy atom. The molecular formula is C4H7O4P. The zero-order valence-corrected chi connectivity index (χ0v) is 6.05.